The number of halogens is 2. The second kappa shape index (κ2) is 6.87. The summed E-state index contributed by atoms with van der Waals surface area (Å²) in [5.74, 6) is -0.252. The molecule has 2 N–H and O–H groups in total. The SMILES string of the molecule is CC[C@H](N)C(=O)N(Cc1ccc(F)cc1)C1CC1.Cl. The van der Waals surface area contributed by atoms with Crippen molar-refractivity contribution in [2.75, 3.05) is 0 Å². The second-order valence-corrected chi connectivity index (χ2v) is 4.84. The van der Waals surface area contributed by atoms with Crippen molar-refractivity contribution in [1.82, 2.24) is 4.90 Å². The first-order chi connectivity index (χ1) is 8.61. The molecule has 1 amide bonds. The number of hydrogen-bond donors (Lipinski definition) is 1. The Balaban J connectivity index is 0.00000180. The maximum absolute atomic E-state index is 12.8. The molecule has 1 atom stereocenters. The van der Waals surface area contributed by atoms with Gasteiger partial charge in [0.1, 0.15) is 5.82 Å². The van der Waals surface area contributed by atoms with Crippen LogP contribution >= 0.6 is 12.4 Å². The van der Waals surface area contributed by atoms with Crippen molar-refractivity contribution in [3.8, 4) is 0 Å². The lowest BCUT2D eigenvalue weighted by Gasteiger charge is -2.25. The summed E-state index contributed by atoms with van der Waals surface area (Å²) in [5.41, 5.74) is 6.75. The van der Waals surface area contributed by atoms with Crippen LogP contribution in [0.1, 0.15) is 31.7 Å². The minimum atomic E-state index is -0.425. The lowest BCUT2D eigenvalue weighted by molar-refractivity contribution is -0.133. The Bertz CT molecular complexity index is 420. The van der Waals surface area contributed by atoms with Crippen LogP contribution < -0.4 is 5.73 Å². The van der Waals surface area contributed by atoms with Gasteiger partial charge in [-0.05, 0) is 37.0 Å². The highest BCUT2D eigenvalue weighted by Gasteiger charge is 2.34. The van der Waals surface area contributed by atoms with Crippen molar-refractivity contribution in [3.05, 3.63) is 35.6 Å². The molecular weight excluding hydrogens is 267 g/mol. The summed E-state index contributed by atoms with van der Waals surface area (Å²) in [6.45, 7) is 2.43. The van der Waals surface area contributed by atoms with Crippen molar-refractivity contribution in [1.29, 1.82) is 0 Å². The molecule has 0 aliphatic heterocycles. The van der Waals surface area contributed by atoms with Crippen LogP contribution in [-0.2, 0) is 11.3 Å². The fourth-order valence-corrected chi connectivity index (χ4v) is 1.95. The molecule has 1 fully saturated rings. The number of nitrogens with zero attached hydrogens (tertiary/aromatic N) is 1. The van der Waals surface area contributed by atoms with E-state index in [1.54, 1.807) is 12.1 Å². The number of benzene rings is 1. The Kier molecular flexibility index (Phi) is 5.76. The van der Waals surface area contributed by atoms with E-state index >= 15 is 0 Å². The maximum Gasteiger partial charge on any atom is 0.240 e. The van der Waals surface area contributed by atoms with Crippen LogP contribution in [0.4, 0.5) is 4.39 Å². The van der Waals surface area contributed by atoms with Crippen LogP contribution in [0.3, 0.4) is 0 Å². The molecule has 1 aliphatic rings. The highest BCUT2D eigenvalue weighted by molar-refractivity contribution is 5.85. The second-order valence-electron chi connectivity index (χ2n) is 4.84. The number of hydrogen-bond acceptors (Lipinski definition) is 2. The average Bonchev–Trinajstić information content (AvgIpc) is 3.20. The van der Waals surface area contributed by atoms with Gasteiger partial charge in [-0.3, -0.25) is 4.79 Å². The third-order valence-electron chi connectivity index (χ3n) is 3.29. The highest BCUT2D eigenvalue weighted by atomic mass is 35.5. The third kappa shape index (κ3) is 4.18. The van der Waals surface area contributed by atoms with Crippen LogP contribution in [0, 0.1) is 5.82 Å². The summed E-state index contributed by atoms with van der Waals surface area (Å²) in [4.78, 5) is 14.0. The van der Waals surface area contributed by atoms with Crippen LogP contribution in [0.25, 0.3) is 0 Å². The molecule has 2 rings (SSSR count). The van der Waals surface area contributed by atoms with E-state index in [9.17, 15) is 9.18 Å². The highest BCUT2D eigenvalue weighted by Crippen LogP contribution is 2.29. The van der Waals surface area contributed by atoms with Gasteiger partial charge < -0.3 is 10.6 Å². The smallest absolute Gasteiger partial charge is 0.240 e. The fourth-order valence-electron chi connectivity index (χ4n) is 1.95. The monoisotopic (exact) mass is 286 g/mol. The maximum atomic E-state index is 12.8. The summed E-state index contributed by atoms with van der Waals surface area (Å²) in [6, 6.07) is 6.17. The Morgan fingerprint density at radius 2 is 2.00 bits per heavy atom. The molecule has 0 radical (unpaired) electrons. The lowest BCUT2D eigenvalue weighted by Crippen LogP contribution is -2.44. The zero-order chi connectivity index (χ0) is 13.1. The minimum Gasteiger partial charge on any atom is -0.334 e. The molecule has 0 heterocycles. The molecule has 0 saturated heterocycles. The molecule has 5 heteroatoms. The van der Waals surface area contributed by atoms with Gasteiger partial charge in [0, 0.05) is 12.6 Å². The van der Waals surface area contributed by atoms with E-state index in [4.69, 9.17) is 5.73 Å². The van der Waals surface area contributed by atoms with Gasteiger partial charge in [-0.25, -0.2) is 4.39 Å². The Hall–Kier alpha value is -1.13. The Labute approximate surface area is 119 Å². The Morgan fingerprint density at radius 3 is 2.47 bits per heavy atom. The predicted octanol–water partition coefficient (Wildman–Crippen LogP) is 2.48. The first kappa shape index (κ1) is 15.9. The van der Waals surface area contributed by atoms with Gasteiger partial charge in [-0.1, -0.05) is 19.1 Å². The van der Waals surface area contributed by atoms with Gasteiger partial charge in [0.05, 0.1) is 6.04 Å². The van der Waals surface area contributed by atoms with Crippen LogP contribution in [0.2, 0.25) is 0 Å². The third-order valence-corrected chi connectivity index (χ3v) is 3.29. The van der Waals surface area contributed by atoms with E-state index in [2.05, 4.69) is 0 Å². The molecule has 19 heavy (non-hydrogen) atoms. The summed E-state index contributed by atoms with van der Waals surface area (Å²) in [5, 5.41) is 0. The normalized spacial score (nSPS) is 15.5. The predicted molar refractivity (Wildman–Crippen MR) is 75.5 cm³/mol. The topological polar surface area (TPSA) is 46.3 Å². The standard InChI is InChI=1S/C14H19FN2O.ClH/c1-2-13(16)14(18)17(12-7-8-12)9-10-3-5-11(15)6-4-10;/h3-6,12-13H,2,7-9,16H2,1H3;1H/t13-;/m0./s1. The molecule has 0 unspecified atom stereocenters. The Morgan fingerprint density at radius 1 is 1.42 bits per heavy atom. The average molecular weight is 287 g/mol. The fraction of sp³-hybridized carbons (Fsp3) is 0.500. The zero-order valence-electron chi connectivity index (χ0n) is 11.0. The van der Waals surface area contributed by atoms with E-state index in [1.807, 2.05) is 11.8 Å². The molecule has 1 aliphatic carbocycles. The molecule has 3 nitrogen and oxygen atoms in total. The molecule has 1 aromatic carbocycles. The molecule has 0 spiro atoms. The number of rotatable bonds is 5. The number of carbonyl (C=O) groups is 1. The van der Waals surface area contributed by atoms with E-state index < -0.39 is 6.04 Å². The first-order valence-electron chi connectivity index (χ1n) is 6.42. The molecule has 0 aromatic heterocycles. The summed E-state index contributed by atoms with van der Waals surface area (Å²) in [7, 11) is 0. The van der Waals surface area contributed by atoms with Gasteiger partial charge in [0.25, 0.3) is 0 Å². The van der Waals surface area contributed by atoms with E-state index in [0.29, 0.717) is 19.0 Å². The van der Waals surface area contributed by atoms with Crippen molar-refractivity contribution >= 4 is 18.3 Å². The molecular formula is C14H20ClFN2O. The van der Waals surface area contributed by atoms with Crippen LogP contribution in [0.15, 0.2) is 24.3 Å². The minimum absolute atomic E-state index is 0. The summed E-state index contributed by atoms with van der Waals surface area (Å²) < 4.78 is 12.8. The van der Waals surface area contributed by atoms with Crippen molar-refractivity contribution in [2.45, 2.75) is 44.8 Å². The molecule has 1 aromatic rings. The summed E-state index contributed by atoms with van der Waals surface area (Å²) >= 11 is 0. The first-order valence-corrected chi connectivity index (χ1v) is 6.42. The van der Waals surface area contributed by atoms with Gasteiger partial charge in [0.15, 0.2) is 0 Å². The van der Waals surface area contributed by atoms with Crippen LogP contribution in [0.5, 0.6) is 0 Å². The number of nitrogens with two attached hydrogens (primary N) is 1. The van der Waals surface area contributed by atoms with Gasteiger partial charge in [-0.15, -0.1) is 12.4 Å². The van der Waals surface area contributed by atoms with E-state index in [0.717, 1.165) is 18.4 Å². The van der Waals surface area contributed by atoms with Gasteiger partial charge in [-0.2, -0.15) is 0 Å². The van der Waals surface area contributed by atoms with Gasteiger partial charge in [0.2, 0.25) is 5.91 Å². The van der Waals surface area contributed by atoms with Crippen molar-refractivity contribution < 1.29 is 9.18 Å². The quantitative estimate of drug-likeness (QED) is 0.904. The van der Waals surface area contributed by atoms with Crippen molar-refractivity contribution in [2.24, 2.45) is 5.73 Å². The molecule has 106 valence electrons. The number of amides is 1. The zero-order valence-corrected chi connectivity index (χ0v) is 11.8. The molecule has 0 bridgehead atoms. The van der Waals surface area contributed by atoms with Crippen molar-refractivity contribution in [3.63, 3.8) is 0 Å². The van der Waals surface area contributed by atoms with Gasteiger partial charge >= 0.3 is 0 Å². The molecule has 1 saturated carbocycles. The largest absolute Gasteiger partial charge is 0.334 e. The van der Waals surface area contributed by atoms with E-state index in [-0.39, 0.29) is 24.1 Å². The van der Waals surface area contributed by atoms with E-state index in [1.165, 1.54) is 12.1 Å². The summed E-state index contributed by atoms with van der Waals surface area (Å²) in [6.07, 6.45) is 2.73. The van der Waals surface area contributed by atoms with Crippen LogP contribution in [-0.4, -0.2) is 22.9 Å². The lowest BCUT2D eigenvalue weighted by atomic mass is 10.1. The number of carbonyl (C=O) groups excluding carboxylic acids is 1.